The summed E-state index contributed by atoms with van der Waals surface area (Å²) in [5.41, 5.74) is 0.969. The van der Waals surface area contributed by atoms with Gasteiger partial charge in [-0.15, -0.1) is 0 Å². The van der Waals surface area contributed by atoms with Gasteiger partial charge in [-0.3, -0.25) is 9.48 Å². The van der Waals surface area contributed by atoms with Gasteiger partial charge in [-0.25, -0.2) is 14.8 Å². The van der Waals surface area contributed by atoms with Crippen LogP contribution in [0.4, 0.5) is 5.82 Å². The molecule has 2 heterocycles. The maximum atomic E-state index is 12.1. The van der Waals surface area contributed by atoms with Crippen molar-refractivity contribution in [3.63, 3.8) is 0 Å². The van der Waals surface area contributed by atoms with Gasteiger partial charge in [-0.1, -0.05) is 0 Å². The maximum Gasteiger partial charge on any atom is 0.356 e. The summed E-state index contributed by atoms with van der Waals surface area (Å²) in [6.45, 7) is 2.75. The number of hydrogen-bond acceptors (Lipinski definition) is 5. The van der Waals surface area contributed by atoms with Crippen LogP contribution in [-0.4, -0.2) is 36.7 Å². The second-order valence-electron chi connectivity index (χ2n) is 5.09. The van der Waals surface area contributed by atoms with Crippen molar-refractivity contribution >= 4 is 17.7 Å². The summed E-state index contributed by atoms with van der Waals surface area (Å²) in [5.74, 6) is -0.645. The van der Waals surface area contributed by atoms with Gasteiger partial charge in [0.25, 0.3) is 5.91 Å². The molecule has 0 unspecified atom stereocenters. The van der Waals surface area contributed by atoms with Gasteiger partial charge in [0.1, 0.15) is 5.69 Å². The third kappa shape index (κ3) is 2.80. The van der Waals surface area contributed by atoms with Crippen LogP contribution in [0.1, 0.15) is 52.4 Å². The van der Waals surface area contributed by atoms with Gasteiger partial charge in [-0.05, 0) is 19.8 Å². The van der Waals surface area contributed by atoms with Gasteiger partial charge in [0.05, 0.1) is 12.4 Å². The molecule has 0 spiro atoms. The minimum absolute atomic E-state index is 0.0454. The number of aromatic nitrogens is 4. The van der Waals surface area contributed by atoms with E-state index in [1.807, 2.05) is 17.7 Å². The second kappa shape index (κ2) is 5.55. The first-order valence-corrected chi connectivity index (χ1v) is 7.03. The molecule has 0 aliphatic heterocycles. The fourth-order valence-electron chi connectivity index (χ4n) is 2.19. The highest BCUT2D eigenvalue weighted by molar-refractivity contribution is 6.02. The Hall–Kier alpha value is -2.77. The fourth-order valence-corrected chi connectivity index (χ4v) is 2.19. The molecule has 0 aromatic carbocycles. The number of nitrogens with one attached hydrogen (secondary N) is 1. The highest BCUT2D eigenvalue weighted by Gasteiger charge is 2.28. The molecule has 0 atom stereocenters. The first-order chi connectivity index (χ1) is 10.6. The molecule has 3 rings (SSSR count). The molecule has 1 fully saturated rings. The quantitative estimate of drug-likeness (QED) is 0.866. The van der Waals surface area contributed by atoms with E-state index in [1.54, 1.807) is 0 Å². The molecular formula is C14H15N5O3. The molecule has 0 bridgehead atoms. The minimum atomic E-state index is -1.18. The number of carboxylic acid groups (broad SMARTS) is 1. The van der Waals surface area contributed by atoms with Gasteiger partial charge >= 0.3 is 5.97 Å². The Labute approximate surface area is 126 Å². The molecule has 1 amide bonds. The minimum Gasteiger partial charge on any atom is -0.476 e. The van der Waals surface area contributed by atoms with E-state index in [0.717, 1.165) is 37.5 Å². The monoisotopic (exact) mass is 301 g/mol. The number of rotatable bonds is 5. The van der Waals surface area contributed by atoms with Crippen LogP contribution in [0.2, 0.25) is 0 Å². The average molecular weight is 301 g/mol. The predicted octanol–water partition coefficient (Wildman–Crippen LogP) is 1.52. The summed E-state index contributed by atoms with van der Waals surface area (Å²) in [6, 6.07) is 1.87. The molecule has 1 aliphatic rings. The van der Waals surface area contributed by atoms with Crippen LogP contribution in [-0.2, 0) is 6.54 Å². The molecule has 8 nitrogen and oxygen atoms in total. The van der Waals surface area contributed by atoms with Gasteiger partial charge in [0.2, 0.25) is 0 Å². The summed E-state index contributed by atoms with van der Waals surface area (Å²) in [6.07, 6.45) is 4.50. The molecule has 2 aromatic rings. The van der Waals surface area contributed by atoms with E-state index in [9.17, 15) is 9.59 Å². The van der Waals surface area contributed by atoms with E-state index in [-0.39, 0.29) is 11.4 Å². The highest BCUT2D eigenvalue weighted by Crippen LogP contribution is 2.40. The van der Waals surface area contributed by atoms with Crippen LogP contribution in [0.15, 0.2) is 18.5 Å². The van der Waals surface area contributed by atoms with E-state index >= 15 is 0 Å². The molecule has 22 heavy (non-hydrogen) atoms. The molecule has 114 valence electrons. The number of aryl methyl sites for hydroxylation is 1. The number of carbonyl (C=O) groups is 2. The lowest BCUT2D eigenvalue weighted by molar-refractivity contribution is 0.0689. The zero-order chi connectivity index (χ0) is 15.7. The lowest BCUT2D eigenvalue weighted by Crippen LogP contribution is -2.15. The normalized spacial score (nSPS) is 13.9. The molecule has 1 aliphatic carbocycles. The van der Waals surface area contributed by atoms with Crippen molar-refractivity contribution in [2.45, 2.75) is 32.2 Å². The average Bonchev–Trinajstić information content (AvgIpc) is 3.28. The number of nitrogens with zero attached hydrogens (tertiary/aromatic N) is 4. The van der Waals surface area contributed by atoms with Crippen molar-refractivity contribution in [3.05, 3.63) is 35.5 Å². The number of carbonyl (C=O) groups excluding carboxylic acids is 1. The van der Waals surface area contributed by atoms with Crippen molar-refractivity contribution in [1.82, 2.24) is 19.7 Å². The first kappa shape index (κ1) is 14.2. The van der Waals surface area contributed by atoms with E-state index in [2.05, 4.69) is 20.4 Å². The highest BCUT2D eigenvalue weighted by atomic mass is 16.4. The van der Waals surface area contributed by atoms with Crippen molar-refractivity contribution in [3.8, 4) is 0 Å². The van der Waals surface area contributed by atoms with Crippen molar-refractivity contribution in [1.29, 1.82) is 0 Å². The second-order valence-corrected chi connectivity index (χ2v) is 5.09. The molecule has 0 saturated heterocycles. The Balaban J connectivity index is 1.74. The van der Waals surface area contributed by atoms with Crippen molar-refractivity contribution in [2.75, 3.05) is 5.32 Å². The standard InChI is InChI=1S/C14H15N5O3/c1-2-19-11(8-3-4-8)5-12(18-19)17-13(20)9-6-16-10(7-15-9)14(21)22/h5-8H,2-4H2,1H3,(H,21,22)(H,17,18,20). The van der Waals surface area contributed by atoms with Crippen LogP contribution < -0.4 is 5.32 Å². The van der Waals surface area contributed by atoms with Crippen LogP contribution in [0.5, 0.6) is 0 Å². The number of anilines is 1. The van der Waals surface area contributed by atoms with Gasteiger partial charge in [0, 0.05) is 24.2 Å². The summed E-state index contributed by atoms with van der Waals surface area (Å²) in [7, 11) is 0. The lowest BCUT2D eigenvalue weighted by atomic mass is 10.3. The topological polar surface area (TPSA) is 110 Å². The van der Waals surface area contributed by atoms with Gasteiger partial charge in [-0.2, -0.15) is 5.10 Å². The van der Waals surface area contributed by atoms with E-state index in [4.69, 9.17) is 5.11 Å². The van der Waals surface area contributed by atoms with Gasteiger partial charge in [0.15, 0.2) is 11.5 Å². The predicted molar refractivity (Wildman–Crippen MR) is 76.8 cm³/mol. The number of amides is 1. The maximum absolute atomic E-state index is 12.1. The van der Waals surface area contributed by atoms with Crippen molar-refractivity contribution in [2.24, 2.45) is 0 Å². The Morgan fingerprint density at radius 3 is 2.55 bits per heavy atom. The Bertz CT molecular complexity index is 719. The van der Waals surface area contributed by atoms with E-state index < -0.39 is 11.9 Å². The molecule has 2 N–H and O–H groups in total. The molecule has 0 radical (unpaired) electrons. The summed E-state index contributed by atoms with van der Waals surface area (Å²) < 4.78 is 1.88. The molecule has 2 aromatic heterocycles. The smallest absolute Gasteiger partial charge is 0.356 e. The summed E-state index contributed by atoms with van der Waals surface area (Å²) in [4.78, 5) is 30.3. The Morgan fingerprint density at radius 1 is 1.32 bits per heavy atom. The van der Waals surface area contributed by atoms with Gasteiger partial charge < -0.3 is 10.4 Å². The van der Waals surface area contributed by atoms with Crippen LogP contribution in [0, 0.1) is 0 Å². The van der Waals surface area contributed by atoms with E-state index in [0.29, 0.717) is 11.7 Å². The number of hydrogen-bond donors (Lipinski definition) is 2. The Morgan fingerprint density at radius 2 is 2.00 bits per heavy atom. The molecule has 8 heteroatoms. The lowest BCUT2D eigenvalue weighted by Gasteiger charge is -2.01. The fraction of sp³-hybridized carbons (Fsp3) is 0.357. The molecule has 1 saturated carbocycles. The third-order valence-corrected chi connectivity index (χ3v) is 3.45. The largest absolute Gasteiger partial charge is 0.476 e. The van der Waals surface area contributed by atoms with Crippen molar-refractivity contribution < 1.29 is 14.7 Å². The SMILES string of the molecule is CCn1nc(NC(=O)c2cnc(C(=O)O)cn2)cc1C1CC1. The first-order valence-electron chi connectivity index (χ1n) is 7.03. The van der Waals surface area contributed by atoms with Crippen LogP contribution >= 0.6 is 0 Å². The number of aromatic carboxylic acids is 1. The summed E-state index contributed by atoms with van der Waals surface area (Å²) >= 11 is 0. The molecular weight excluding hydrogens is 286 g/mol. The van der Waals surface area contributed by atoms with Crippen LogP contribution in [0.3, 0.4) is 0 Å². The zero-order valence-corrected chi connectivity index (χ0v) is 12.0. The summed E-state index contributed by atoms with van der Waals surface area (Å²) in [5, 5.41) is 15.8. The third-order valence-electron chi connectivity index (χ3n) is 3.45. The number of carboxylic acids is 1. The van der Waals surface area contributed by atoms with Crippen LogP contribution in [0.25, 0.3) is 0 Å². The van der Waals surface area contributed by atoms with E-state index in [1.165, 1.54) is 0 Å². The zero-order valence-electron chi connectivity index (χ0n) is 12.0. The Kier molecular flexibility index (Phi) is 3.58.